The van der Waals surface area contributed by atoms with Gasteiger partial charge in [-0.15, -0.1) is 0 Å². The Labute approximate surface area is 106 Å². The molecule has 4 aliphatic rings. The number of fused-ring (bicyclic) bond motifs is 2. The molecule has 0 N–H and O–H groups in total. The SMILES string of the molecule is O=C([O-])C1=C(CC2CCC3OC3C2)C2OC2CC1. The lowest BCUT2D eigenvalue weighted by Crippen LogP contribution is -2.29. The van der Waals surface area contributed by atoms with Gasteiger partial charge in [-0.2, -0.15) is 0 Å². The summed E-state index contributed by atoms with van der Waals surface area (Å²) in [6.07, 6.45) is 7.05. The second kappa shape index (κ2) is 3.81. The third kappa shape index (κ3) is 1.79. The standard InChI is InChI=1S/C14H18O4/c15-14(16)8-2-4-11-13(18-11)9(8)5-7-1-3-10-12(6-7)17-10/h7,10-13H,1-6H2,(H,15,16)/p-1. The van der Waals surface area contributed by atoms with Gasteiger partial charge >= 0.3 is 0 Å². The summed E-state index contributed by atoms with van der Waals surface area (Å²) in [5, 5.41) is 11.2. The van der Waals surface area contributed by atoms with Gasteiger partial charge in [0.25, 0.3) is 0 Å². The van der Waals surface area contributed by atoms with Crippen molar-refractivity contribution in [2.45, 2.75) is 62.9 Å². The molecular formula is C14H17O4-. The van der Waals surface area contributed by atoms with E-state index in [1.807, 2.05) is 0 Å². The number of aliphatic carboxylic acids is 1. The Morgan fingerprint density at radius 1 is 1.17 bits per heavy atom. The van der Waals surface area contributed by atoms with Crippen LogP contribution in [0, 0.1) is 5.92 Å². The minimum atomic E-state index is -0.990. The summed E-state index contributed by atoms with van der Waals surface area (Å²) in [5.41, 5.74) is 1.54. The molecule has 5 unspecified atom stereocenters. The van der Waals surface area contributed by atoms with Crippen LogP contribution in [-0.4, -0.2) is 30.4 Å². The van der Waals surface area contributed by atoms with Crippen LogP contribution in [0.3, 0.4) is 0 Å². The number of rotatable bonds is 3. The fourth-order valence-electron chi connectivity index (χ4n) is 3.74. The maximum absolute atomic E-state index is 11.2. The van der Waals surface area contributed by atoms with Gasteiger partial charge in [0.05, 0.1) is 24.3 Å². The number of carbonyl (C=O) groups excluding carboxylic acids is 1. The Morgan fingerprint density at radius 2 is 2.06 bits per heavy atom. The maximum atomic E-state index is 11.2. The van der Waals surface area contributed by atoms with Gasteiger partial charge in [0.15, 0.2) is 0 Å². The van der Waals surface area contributed by atoms with Gasteiger partial charge in [0.1, 0.15) is 6.10 Å². The lowest BCUT2D eigenvalue weighted by atomic mass is 9.80. The molecule has 18 heavy (non-hydrogen) atoms. The Kier molecular flexibility index (Phi) is 2.33. The average Bonchev–Trinajstić information content (AvgIpc) is 3.22. The molecule has 4 nitrogen and oxygen atoms in total. The van der Waals surface area contributed by atoms with Gasteiger partial charge in [-0.25, -0.2) is 0 Å². The Bertz CT molecular complexity index is 428. The van der Waals surface area contributed by atoms with Crippen LogP contribution in [0.5, 0.6) is 0 Å². The lowest BCUT2D eigenvalue weighted by Gasteiger charge is -2.24. The highest BCUT2D eigenvalue weighted by atomic mass is 16.6. The third-order valence-electron chi connectivity index (χ3n) is 4.86. The molecule has 2 heterocycles. The van der Waals surface area contributed by atoms with Crippen LogP contribution in [0.15, 0.2) is 11.1 Å². The van der Waals surface area contributed by atoms with Crippen LogP contribution in [0.1, 0.15) is 38.5 Å². The third-order valence-corrected chi connectivity index (χ3v) is 4.86. The van der Waals surface area contributed by atoms with Gasteiger partial charge in [0, 0.05) is 0 Å². The number of hydrogen-bond donors (Lipinski definition) is 0. The molecule has 0 spiro atoms. The first-order chi connectivity index (χ1) is 8.72. The predicted molar refractivity (Wildman–Crippen MR) is 60.5 cm³/mol. The second-order valence-electron chi connectivity index (χ2n) is 6.02. The molecule has 4 rings (SSSR count). The zero-order valence-corrected chi connectivity index (χ0v) is 10.3. The molecular weight excluding hydrogens is 232 g/mol. The molecule has 0 aromatic rings. The van der Waals surface area contributed by atoms with E-state index in [1.54, 1.807) is 0 Å². The van der Waals surface area contributed by atoms with E-state index in [-0.39, 0.29) is 12.2 Å². The molecule has 2 saturated heterocycles. The molecule has 0 radical (unpaired) electrons. The van der Waals surface area contributed by atoms with Gasteiger partial charge in [-0.3, -0.25) is 0 Å². The minimum Gasteiger partial charge on any atom is -0.545 e. The van der Waals surface area contributed by atoms with E-state index in [0.717, 1.165) is 37.7 Å². The number of carboxylic acids is 1. The average molecular weight is 249 g/mol. The molecule has 4 heteroatoms. The van der Waals surface area contributed by atoms with E-state index in [9.17, 15) is 9.90 Å². The first kappa shape index (κ1) is 11.0. The number of carboxylic acid groups (broad SMARTS) is 1. The predicted octanol–water partition coefficient (Wildman–Crippen LogP) is 0.552. The molecule has 2 aliphatic heterocycles. The van der Waals surface area contributed by atoms with E-state index in [2.05, 4.69) is 0 Å². The van der Waals surface area contributed by atoms with Crippen molar-refractivity contribution in [3.8, 4) is 0 Å². The minimum absolute atomic E-state index is 0.0875. The van der Waals surface area contributed by atoms with Gasteiger partial charge < -0.3 is 19.4 Å². The Hall–Kier alpha value is -0.870. The van der Waals surface area contributed by atoms with Crippen molar-refractivity contribution in [1.29, 1.82) is 0 Å². The van der Waals surface area contributed by atoms with Crippen molar-refractivity contribution in [3.05, 3.63) is 11.1 Å². The molecule has 2 aliphatic carbocycles. The van der Waals surface area contributed by atoms with E-state index in [1.165, 1.54) is 0 Å². The summed E-state index contributed by atoms with van der Waals surface area (Å²) >= 11 is 0. The summed E-state index contributed by atoms with van der Waals surface area (Å²) in [6.45, 7) is 0. The van der Waals surface area contributed by atoms with Crippen LogP contribution in [-0.2, 0) is 14.3 Å². The first-order valence-corrected chi connectivity index (χ1v) is 6.96. The maximum Gasteiger partial charge on any atom is 0.106 e. The van der Waals surface area contributed by atoms with Crippen LogP contribution in [0.25, 0.3) is 0 Å². The largest absolute Gasteiger partial charge is 0.545 e. The van der Waals surface area contributed by atoms with Crippen molar-refractivity contribution in [2.75, 3.05) is 0 Å². The topological polar surface area (TPSA) is 65.2 Å². The summed E-state index contributed by atoms with van der Waals surface area (Å²) in [5.74, 6) is -0.420. The van der Waals surface area contributed by atoms with Crippen molar-refractivity contribution >= 4 is 5.97 Å². The van der Waals surface area contributed by atoms with Gasteiger partial charge in [0.2, 0.25) is 0 Å². The van der Waals surface area contributed by atoms with Crippen LogP contribution in [0.2, 0.25) is 0 Å². The molecule has 5 atom stereocenters. The second-order valence-corrected chi connectivity index (χ2v) is 6.02. The van der Waals surface area contributed by atoms with Crippen molar-refractivity contribution < 1.29 is 19.4 Å². The van der Waals surface area contributed by atoms with E-state index >= 15 is 0 Å². The molecule has 3 fully saturated rings. The lowest BCUT2D eigenvalue weighted by molar-refractivity contribution is -0.299. The number of hydrogen-bond acceptors (Lipinski definition) is 4. The quantitative estimate of drug-likeness (QED) is 0.685. The van der Waals surface area contributed by atoms with E-state index in [4.69, 9.17) is 9.47 Å². The molecule has 0 aromatic heterocycles. The molecule has 98 valence electrons. The summed E-state index contributed by atoms with van der Waals surface area (Å²) < 4.78 is 11.1. The first-order valence-electron chi connectivity index (χ1n) is 6.96. The summed E-state index contributed by atoms with van der Waals surface area (Å²) in [4.78, 5) is 11.2. The van der Waals surface area contributed by atoms with Crippen LogP contribution < -0.4 is 5.11 Å². The summed E-state index contributed by atoms with van der Waals surface area (Å²) in [6, 6.07) is 0. The van der Waals surface area contributed by atoms with Crippen LogP contribution >= 0.6 is 0 Å². The molecule has 0 amide bonds. The van der Waals surface area contributed by atoms with E-state index < -0.39 is 5.97 Å². The highest BCUT2D eigenvalue weighted by molar-refractivity contribution is 5.86. The zero-order valence-electron chi connectivity index (χ0n) is 10.3. The van der Waals surface area contributed by atoms with Crippen LogP contribution in [0.4, 0.5) is 0 Å². The van der Waals surface area contributed by atoms with Crippen molar-refractivity contribution in [2.24, 2.45) is 5.92 Å². The van der Waals surface area contributed by atoms with Crippen molar-refractivity contribution in [1.82, 2.24) is 0 Å². The Balaban J connectivity index is 1.52. The number of epoxide rings is 2. The molecule has 0 bridgehead atoms. The summed E-state index contributed by atoms with van der Waals surface area (Å²) in [7, 11) is 0. The fraction of sp³-hybridized carbons (Fsp3) is 0.786. The highest BCUT2D eigenvalue weighted by Crippen LogP contribution is 2.47. The number of carbonyl (C=O) groups is 1. The Morgan fingerprint density at radius 3 is 2.83 bits per heavy atom. The van der Waals surface area contributed by atoms with Crippen molar-refractivity contribution in [3.63, 3.8) is 0 Å². The normalized spacial score (nSPS) is 45.2. The molecule has 1 saturated carbocycles. The fourth-order valence-corrected chi connectivity index (χ4v) is 3.74. The van der Waals surface area contributed by atoms with Gasteiger partial charge in [-0.05, 0) is 55.6 Å². The highest BCUT2D eigenvalue weighted by Gasteiger charge is 2.48. The van der Waals surface area contributed by atoms with Gasteiger partial charge in [-0.1, -0.05) is 0 Å². The molecule has 0 aromatic carbocycles. The smallest absolute Gasteiger partial charge is 0.106 e. The zero-order chi connectivity index (χ0) is 12.3. The number of ether oxygens (including phenoxy) is 2. The van der Waals surface area contributed by atoms with E-state index in [0.29, 0.717) is 30.1 Å². The monoisotopic (exact) mass is 249 g/mol.